The third-order valence-electron chi connectivity index (χ3n) is 10.00. The molecule has 34 heavy (non-hydrogen) atoms. The highest BCUT2D eigenvalue weighted by atomic mass is 35.5. The largest absolute Gasteiger partial charge is 0.289 e. The van der Waals surface area contributed by atoms with E-state index in [0.29, 0.717) is 35.5 Å². The van der Waals surface area contributed by atoms with E-state index in [1.165, 1.54) is 77.0 Å². The molecule has 4 aliphatic carbocycles. The summed E-state index contributed by atoms with van der Waals surface area (Å²) in [5.74, 6) is 2.95. The molecule has 0 heterocycles. The summed E-state index contributed by atoms with van der Waals surface area (Å²) in [5.41, 5.74) is 1.98. The molecule has 0 radical (unpaired) electrons. The zero-order valence-corrected chi connectivity index (χ0v) is 23.4. The molecule has 0 N–H and O–H groups in total. The molecule has 1 nitrogen and oxygen atoms in total. The molecule has 3 heteroatoms. The van der Waals surface area contributed by atoms with Crippen LogP contribution in [0.5, 0.6) is 0 Å². The lowest BCUT2D eigenvalue weighted by Crippen LogP contribution is -2.31. The number of hydrogen-bond acceptors (Lipinski definition) is 1. The SMILES string of the molecule is CCC(C(Cl)=C(C(=O)C(=C(Cl)C(CC)C1CCCCC1)C1CCC1)C1CCC1)C1CCCCC1. The molecule has 192 valence electrons. The fraction of sp³-hybridized carbons (Fsp3) is 0.839. The van der Waals surface area contributed by atoms with Gasteiger partial charge in [-0.1, -0.05) is 88.4 Å². The number of halogens is 2. The maximum Gasteiger partial charge on any atom is 0.187 e. The van der Waals surface area contributed by atoms with Gasteiger partial charge in [0, 0.05) is 21.2 Å². The van der Waals surface area contributed by atoms with Crippen LogP contribution in [0.25, 0.3) is 0 Å². The smallest absolute Gasteiger partial charge is 0.187 e. The number of carbonyl (C=O) groups excluding carboxylic acids is 1. The highest BCUT2D eigenvalue weighted by Crippen LogP contribution is 2.48. The van der Waals surface area contributed by atoms with Crippen molar-refractivity contribution in [2.24, 2.45) is 35.5 Å². The quantitative estimate of drug-likeness (QED) is 0.269. The Balaban J connectivity index is 1.71. The molecule has 4 fully saturated rings. The van der Waals surface area contributed by atoms with E-state index in [4.69, 9.17) is 23.2 Å². The van der Waals surface area contributed by atoms with E-state index in [1.54, 1.807) is 0 Å². The Kier molecular flexibility index (Phi) is 10.1. The molecule has 0 bridgehead atoms. The Labute approximate surface area is 219 Å². The summed E-state index contributed by atoms with van der Waals surface area (Å²) in [5, 5.41) is 1.85. The van der Waals surface area contributed by atoms with Gasteiger partial charge in [-0.2, -0.15) is 0 Å². The van der Waals surface area contributed by atoms with Crippen molar-refractivity contribution in [3.63, 3.8) is 0 Å². The molecule has 0 spiro atoms. The molecule has 4 rings (SSSR count). The van der Waals surface area contributed by atoms with Gasteiger partial charge < -0.3 is 0 Å². The first-order valence-electron chi connectivity index (χ1n) is 14.9. The zero-order valence-electron chi connectivity index (χ0n) is 21.9. The van der Waals surface area contributed by atoms with Crippen molar-refractivity contribution in [1.82, 2.24) is 0 Å². The molecule has 0 saturated heterocycles. The minimum atomic E-state index is 0.257. The molecule has 0 aliphatic heterocycles. The van der Waals surface area contributed by atoms with Gasteiger partial charge in [-0.3, -0.25) is 4.79 Å². The first-order chi connectivity index (χ1) is 16.6. The average molecular weight is 508 g/mol. The van der Waals surface area contributed by atoms with Crippen molar-refractivity contribution < 1.29 is 4.79 Å². The number of Topliss-reactive ketones (excluding diaryl/α,β-unsaturated/α-hetero) is 1. The molecule has 0 aromatic heterocycles. The van der Waals surface area contributed by atoms with Crippen LogP contribution in [0.15, 0.2) is 21.2 Å². The Morgan fingerprint density at radius 3 is 1.21 bits per heavy atom. The summed E-state index contributed by atoms with van der Waals surface area (Å²) >= 11 is 14.6. The van der Waals surface area contributed by atoms with Gasteiger partial charge in [0.25, 0.3) is 0 Å². The lowest BCUT2D eigenvalue weighted by molar-refractivity contribution is -0.114. The first kappa shape index (κ1) is 26.8. The zero-order chi connectivity index (χ0) is 24.1. The minimum Gasteiger partial charge on any atom is -0.289 e. The van der Waals surface area contributed by atoms with Gasteiger partial charge in [-0.05, 0) is 99.7 Å². The average Bonchev–Trinajstić information content (AvgIpc) is 2.80. The number of carbonyl (C=O) groups is 1. The lowest BCUT2D eigenvalue weighted by atomic mass is 9.68. The second-order valence-corrected chi connectivity index (χ2v) is 12.7. The summed E-state index contributed by atoms with van der Waals surface area (Å²) in [7, 11) is 0. The highest BCUT2D eigenvalue weighted by Gasteiger charge is 2.40. The standard InChI is InChI=1S/C31H48Cl2O/c1-3-25(21-13-7-5-8-14-21)29(32)27(23-17-11-18-23)31(34)28(24-19-12-20-24)30(33)26(4-2)22-15-9-6-10-16-22/h21-26H,3-20H2,1-2H3. The lowest BCUT2D eigenvalue weighted by Gasteiger charge is -2.38. The Morgan fingerprint density at radius 2 is 0.941 bits per heavy atom. The summed E-state index contributed by atoms with van der Waals surface area (Å²) < 4.78 is 0. The predicted molar refractivity (Wildman–Crippen MR) is 146 cm³/mol. The van der Waals surface area contributed by atoms with Gasteiger partial charge >= 0.3 is 0 Å². The van der Waals surface area contributed by atoms with E-state index in [-0.39, 0.29) is 5.78 Å². The molecular weight excluding hydrogens is 459 g/mol. The number of ketones is 1. The summed E-state index contributed by atoms with van der Waals surface area (Å²) in [6, 6.07) is 0. The van der Waals surface area contributed by atoms with Gasteiger partial charge in [-0.25, -0.2) is 0 Å². The highest BCUT2D eigenvalue weighted by molar-refractivity contribution is 6.36. The van der Waals surface area contributed by atoms with Crippen molar-refractivity contribution in [3.05, 3.63) is 21.2 Å². The number of hydrogen-bond donors (Lipinski definition) is 0. The van der Waals surface area contributed by atoms with Crippen LogP contribution in [-0.4, -0.2) is 5.78 Å². The van der Waals surface area contributed by atoms with E-state index in [1.807, 2.05) is 0 Å². The van der Waals surface area contributed by atoms with Crippen molar-refractivity contribution in [1.29, 1.82) is 0 Å². The topological polar surface area (TPSA) is 17.1 Å². The van der Waals surface area contributed by atoms with E-state index in [0.717, 1.165) is 59.7 Å². The van der Waals surface area contributed by atoms with Gasteiger partial charge in [0.15, 0.2) is 5.78 Å². The molecule has 2 atom stereocenters. The predicted octanol–water partition coefficient (Wildman–Crippen LogP) is 10.4. The van der Waals surface area contributed by atoms with Crippen molar-refractivity contribution in [2.75, 3.05) is 0 Å². The van der Waals surface area contributed by atoms with Crippen LogP contribution in [0.4, 0.5) is 0 Å². The fourth-order valence-corrected chi connectivity index (χ4v) is 8.57. The second-order valence-electron chi connectivity index (χ2n) is 11.9. The van der Waals surface area contributed by atoms with Crippen LogP contribution in [0.1, 0.15) is 129 Å². The first-order valence-corrected chi connectivity index (χ1v) is 15.7. The maximum absolute atomic E-state index is 14.5. The van der Waals surface area contributed by atoms with Crippen LogP contribution in [-0.2, 0) is 4.79 Å². The van der Waals surface area contributed by atoms with Gasteiger partial charge in [-0.15, -0.1) is 0 Å². The third-order valence-corrected chi connectivity index (χ3v) is 11.0. The third kappa shape index (κ3) is 5.82. The molecule has 0 amide bonds. The monoisotopic (exact) mass is 506 g/mol. The molecular formula is C31H48Cl2O. The van der Waals surface area contributed by atoms with Gasteiger partial charge in [0.1, 0.15) is 0 Å². The summed E-state index contributed by atoms with van der Waals surface area (Å²) in [6.07, 6.45) is 22.1. The van der Waals surface area contributed by atoms with Crippen LogP contribution < -0.4 is 0 Å². The van der Waals surface area contributed by atoms with Crippen LogP contribution in [0.3, 0.4) is 0 Å². The fourth-order valence-electron chi connectivity index (χ4n) is 7.43. The van der Waals surface area contributed by atoms with Crippen LogP contribution in [0.2, 0.25) is 0 Å². The molecule has 0 aromatic carbocycles. The summed E-state index contributed by atoms with van der Waals surface area (Å²) in [6.45, 7) is 4.55. The molecule has 0 aromatic rings. The van der Waals surface area contributed by atoms with Crippen LogP contribution >= 0.6 is 23.2 Å². The van der Waals surface area contributed by atoms with E-state index in [9.17, 15) is 4.79 Å². The number of allylic oxidation sites excluding steroid dienone is 4. The van der Waals surface area contributed by atoms with Gasteiger partial charge in [0.2, 0.25) is 0 Å². The van der Waals surface area contributed by atoms with E-state index >= 15 is 0 Å². The number of rotatable bonds is 10. The van der Waals surface area contributed by atoms with Crippen molar-refractivity contribution in [2.45, 2.75) is 129 Å². The van der Waals surface area contributed by atoms with Crippen LogP contribution in [0, 0.1) is 35.5 Å². The van der Waals surface area contributed by atoms with Gasteiger partial charge in [0.05, 0.1) is 0 Å². The Hall–Kier alpha value is -0.270. The molecule has 2 unspecified atom stereocenters. The Morgan fingerprint density at radius 1 is 0.588 bits per heavy atom. The van der Waals surface area contributed by atoms with E-state index < -0.39 is 0 Å². The molecule has 4 saturated carbocycles. The minimum absolute atomic E-state index is 0.257. The Bertz CT molecular complexity index is 683. The normalized spacial score (nSPS) is 26.7. The second kappa shape index (κ2) is 12.8. The summed E-state index contributed by atoms with van der Waals surface area (Å²) in [4.78, 5) is 14.5. The van der Waals surface area contributed by atoms with E-state index in [2.05, 4.69) is 13.8 Å². The van der Waals surface area contributed by atoms with Crippen molar-refractivity contribution >= 4 is 29.0 Å². The van der Waals surface area contributed by atoms with Crippen molar-refractivity contribution in [3.8, 4) is 0 Å². The maximum atomic E-state index is 14.5. The molecule has 4 aliphatic rings.